The summed E-state index contributed by atoms with van der Waals surface area (Å²) in [5.41, 5.74) is -4.17. The molecule has 2 N–H and O–H groups in total. The molecule has 0 radical (unpaired) electrons. The van der Waals surface area contributed by atoms with Crippen LogP contribution in [0.25, 0.3) is 10.8 Å². The largest absolute Gasteiger partial charge is 0.487 e. The monoisotopic (exact) mass is 523 g/mol. The van der Waals surface area contributed by atoms with Gasteiger partial charge in [0.15, 0.2) is 0 Å². The van der Waals surface area contributed by atoms with Gasteiger partial charge < -0.3 is 15.2 Å². The lowest BCUT2D eigenvalue weighted by atomic mass is 9.88. The van der Waals surface area contributed by atoms with Gasteiger partial charge in [-0.3, -0.25) is 4.79 Å². The summed E-state index contributed by atoms with van der Waals surface area (Å²) >= 11 is -0.232. The van der Waals surface area contributed by atoms with E-state index in [0.717, 1.165) is 0 Å². The summed E-state index contributed by atoms with van der Waals surface area (Å²) < 4.78 is 57.4. The molecule has 0 aliphatic rings. The number of carbonyl (C=O) groups excluding carboxylic acids is 1. The summed E-state index contributed by atoms with van der Waals surface area (Å²) in [4.78, 5) is 24.9. The van der Waals surface area contributed by atoms with Gasteiger partial charge in [-0.25, -0.2) is 9.18 Å². The molecule has 1 amide bonds. The maximum absolute atomic E-state index is 13.8. The normalized spacial score (nSPS) is 12.9. The third-order valence-electron chi connectivity index (χ3n) is 5.14. The van der Waals surface area contributed by atoms with Crippen LogP contribution in [0, 0.1) is 11.2 Å². The Morgan fingerprint density at radius 2 is 1.69 bits per heavy atom. The molecule has 5 nitrogen and oxygen atoms in total. The number of fused-ring (bicyclic) bond motifs is 1. The number of hydrogen-bond acceptors (Lipinski definition) is 4. The molecule has 0 bridgehead atoms. The highest BCUT2D eigenvalue weighted by Crippen LogP contribution is 2.37. The SMILES string of the molecule is CC(C)(C)CC(NC(=O)c1ccc2cc(F)ccc2c1OCc1ccc(SC(F)(F)F)cc1)C(=O)O. The number of nitrogens with one attached hydrogen (secondary N) is 1. The third-order valence-corrected chi connectivity index (χ3v) is 5.88. The zero-order chi connectivity index (χ0) is 26.7. The Hall–Kier alpha value is -3.27. The number of benzene rings is 3. The van der Waals surface area contributed by atoms with E-state index >= 15 is 0 Å². The van der Waals surface area contributed by atoms with Gasteiger partial charge in [0.2, 0.25) is 0 Å². The summed E-state index contributed by atoms with van der Waals surface area (Å²) in [6.45, 7) is 5.48. The first-order valence-corrected chi connectivity index (χ1v) is 11.8. The van der Waals surface area contributed by atoms with Crippen LogP contribution in [0.2, 0.25) is 0 Å². The molecule has 0 fully saturated rings. The minimum atomic E-state index is -4.40. The van der Waals surface area contributed by atoms with Crippen molar-refractivity contribution >= 4 is 34.4 Å². The van der Waals surface area contributed by atoms with E-state index in [9.17, 15) is 32.3 Å². The second kappa shape index (κ2) is 10.8. The van der Waals surface area contributed by atoms with Crippen LogP contribution in [0.1, 0.15) is 43.1 Å². The Bertz CT molecular complexity index is 1250. The Labute approximate surface area is 209 Å². The van der Waals surface area contributed by atoms with Crippen molar-refractivity contribution in [2.45, 2.75) is 50.2 Å². The van der Waals surface area contributed by atoms with Gasteiger partial charge in [-0.1, -0.05) is 39.0 Å². The van der Waals surface area contributed by atoms with E-state index in [4.69, 9.17) is 4.74 Å². The number of amides is 1. The maximum Gasteiger partial charge on any atom is 0.446 e. The van der Waals surface area contributed by atoms with Crippen molar-refractivity contribution in [1.82, 2.24) is 5.32 Å². The lowest BCUT2D eigenvalue weighted by Gasteiger charge is -2.24. The van der Waals surface area contributed by atoms with Crippen LogP contribution in [-0.4, -0.2) is 28.5 Å². The number of carbonyl (C=O) groups is 2. The van der Waals surface area contributed by atoms with Crippen LogP contribution >= 0.6 is 11.8 Å². The summed E-state index contributed by atoms with van der Waals surface area (Å²) in [5, 5.41) is 13.0. The number of rotatable bonds is 8. The number of hydrogen-bond donors (Lipinski definition) is 2. The first-order valence-electron chi connectivity index (χ1n) is 11.0. The highest BCUT2D eigenvalue weighted by Gasteiger charge is 2.29. The van der Waals surface area contributed by atoms with Crippen molar-refractivity contribution in [2.24, 2.45) is 5.41 Å². The molecule has 1 atom stereocenters. The average Bonchev–Trinajstić information content (AvgIpc) is 2.75. The smallest absolute Gasteiger partial charge is 0.446 e. The molecule has 192 valence electrons. The number of halogens is 4. The first-order chi connectivity index (χ1) is 16.7. The van der Waals surface area contributed by atoms with Crippen molar-refractivity contribution in [3.63, 3.8) is 0 Å². The molecule has 36 heavy (non-hydrogen) atoms. The van der Waals surface area contributed by atoms with Gasteiger partial charge in [-0.15, -0.1) is 0 Å². The van der Waals surface area contributed by atoms with Crippen LogP contribution < -0.4 is 10.1 Å². The molecule has 0 aliphatic heterocycles. The summed E-state index contributed by atoms with van der Waals surface area (Å²) in [7, 11) is 0. The van der Waals surface area contributed by atoms with Gasteiger partial charge >= 0.3 is 11.5 Å². The minimum absolute atomic E-state index is 0.0190. The predicted molar refractivity (Wildman–Crippen MR) is 130 cm³/mol. The van der Waals surface area contributed by atoms with E-state index in [2.05, 4.69) is 5.32 Å². The Morgan fingerprint density at radius 3 is 2.28 bits per heavy atom. The molecule has 3 aromatic rings. The minimum Gasteiger partial charge on any atom is -0.487 e. The topological polar surface area (TPSA) is 75.6 Å². The Kier molecular flexibility index (Phi) is 8.18. The van der Waals surface area contributed by atoms with Gasteiger partial charge in [-0.2, -0.15) is 13.2 Å². The van der Waals surface area contributed by atoms with Gasteiger partial charge in [0.25, 0.3) is 5.91 Å². The fourth-order valence-corrected chi connectivity index (χ4v) is 4.14. The summed E-state index contributed by atoms with van der Waals surface area (Å²) in [6.07, 6.45) is 0.186. The third kappa shape index (κ3) is 7.61. The van der Waals surface area contributed by atoms with Crippen molar-refractivity contribution in [1.29, 1.82) is 0 Å². The molecular weight excluding hydrogens is 498 g/mol. The summed E-state index contributed by atoms with van der Waals surface area (Å²) in [6, 6.07) is 11.3. The van der Waals surface area contributed by atoms with E-state index in [1.165, 1.54) is 54.6 Å². The molecule has 0 spiro atoms. The van der Waals surface area contributed by atoms with Gasteiger partial charge in [0, 0.05) is 10.3 Å². The zero-order valence-electron chi connectivity index (χ0n) is 19.8. The molecule has 0 saturated heterocycles. The van der Waals surface area contributed by atoms with Crippen molar-refractivity contribution < 1.29 is 37.0 Å². The van der Waals surface area contributed by atoms with Gasteiger partial charge in [-0.05, 0) is 70.9 Å². The van der Waals surface area contributed by atoms with Crippen molar-refractivity contribution in [3.05, 3.63) is 71.5 Å². The standard InChI is InChI=1S/C26H25F4NO4S/c1-25(2,3)13-21(24(33)34)31-23(32)20-10-6-16-12-17(27)7-11-19(16)22(20)35-14-15-4-8-18(9-5-15)36-26(28,29)30/h4-12,21H,13-14H2,1-3H3,(H,31,32)(H,33,34). The molecule has 1 unspecified atom stereocenters. The highest BCUT2D eigenvalue weighted by atomic mass is 32.2. The lowest BCUT2D eigenvalue weighted by Crippen LogP contribution is -2.43. The summed E-state index contributed by atoms with van der Waals surface area (Å²) in [5.74, 6) is -2.23. The molecule has 0 saturated carbocycles. The molecule has 3 rings (SSSR count). The molecule has 0 aromatic heterocycles. The quantitative estimate of drug-likeness (QED) is 0.251. The number of ether oxygens (including phenoxy) is 1. The molecular formula is C26H25F4NO4S. The fourth-order valence-electron chi connectivity index (χ4n) is 3.60. The number of alkyl halides is 3. The Balaban J connectivity index is 1.90. The maximum atomic E-state index is 13.8. The fraction of sp³-hybridized carbons (Fsp3) is 0.308. The second-order valence-corrected chi connectivity index (χ2v) is 10.6. The average molecular weight is 524 g/mol. The second-order valence-electron chi connectivity index (χ2n) is 9.42. The van der Waals surface area contributed by atoms with Crippen LogP contribution in [0.4, 0.5) is 17.6 Å². The van der Waals surface area contributed by atoms with Crippen LogP contribution in [0.5, 0.6) is 5.75 Å². The molecule has 0 heterocycles. The van der Waals surface area contributed by atoms with E-state index in [1.807, 2.05) is 20.8 Å². The van der Waals surface area contributed by atoms with Crippen molar-refractivity contribution in [2.75, 3.05) is 0 Å². The number of thioether (sulfide) groups is 1. The molecule has 10 heteroatoms. The number of carboxylic acid groups (broad SMARTS) is 1. The highest BCUT2D eigenvalue weighted by molar-refractivity contribution is 8.00. The van der Waals surface area contributed by atoms with Gasteiger partial charge in [0.1, 0.15) is 24.2 Å². The van der Waals surface area contributed by atoms with Crippen LogP contribution in [-0.2, 0) is 11.4 Å². The zero-order valence-corrected chi connectivity index (χ0v) is 20.6. The van der Waals surface area contributed by atoms with Gasteiger partial charge in [0.05, 0.1) is 5.56 Å². The van der Waals surface area contributed by atoms with E-state index in [-0.39, 0.29) is 46.4 Å². The molecule has 0 aliphatic carbocycles. The lowest BCUT2D eigenvalue weighted by molar-refractivity contribution is -0.140. The van der Waals surface area contributed by atoms with Crippen molar-refractivity contribution in [3.8, 4) is 5.75 Å². The van der Waals surface area contributed by atoms with Crippen LogP contribution in [0.3, 0.4) is 0 Å². The van der Waals surface area contributed by atoms with Crippen LogP contribution in [0.15, 0.2) is 59.5 Å². The molecule has 3 aromatic carbocycles. The van der Waals surface area contributed by atoms with E-state index < -0.39 is 29.2 Å². The predicted octanol–water partition coefficient (Wildman–Crippen LogP) is 6.79. The number of carboxylic acids is 1. The first kappa shape index (κ1) is 27.3. The number of aliphatic carboxylic acids is 1. The van der Waals surface area contributed by atoms with E-state index in [0.29, 0.717) is 16.3 Å². The Morgan fingerprint density at radius 1 is 1.03 bits per heavy atom. The van der Waals surface area contributed by atoms with E-state index in [1.54, 1.807) is 0 Å².